The number of nitrogens with one attached hydrogen (secondary N) is 1. The van der Waals surface area contributed by atoms with E-state index in [0.29, 0.717) is 23.6 Å². The Morgan fingerprint density at radius 1 is 1.17 bits per heavy atom. The second-order valence-corrected chi connectivity index (χ2v) is 7.65. The molecule has 1 saturated heterocycles. The maximum absolute atomic E-state index is 13.0. The highest BCUT2D eigenvalue weighted by Gasteiger charge is 2.45. The van der Waals surface area contributed by atoms with Crippen LogP contribution in [0.3, 0.4) is 0 Å². The third kappa shape index (κ3) is 3.61. The molecule has 1 atom stereocenters. The van der Waals surface area contributed by atoms with Crippen molar-refractivity contribution in [2.75, 3.05) is 34.0 Å². The first-order valence-electron chi connectivity index (χ1n) is 9.84. The van der Waals surface area contributed by atoms with Crippen LogP contribution >= 0.6 is 0 Å². The maximum atomic E-state index is 13.0. The Kier molecular flexibility index (Phi) is 5.41. The van der Waals surface area contributed by atoms with Crippen LogP contribution in [-0.2, 0) is 9.59 Å². The molecule has 156 valence electrons. The third-order valence-electron chi connectivity index (χ3n) is 5.28. The molecule has 4 rings (SSSR count). The van der Waals surface area contributed by atoms with Gasteiger partial charge < -0.3 is 24.4 Å². The van der Waals surface area contributed by atoms with Crippen LogP contribution in [0, 0.1) is 0 Å². The van der Waals surface area contributed by atoms with Crippen molar-refractivity contribution in [3.8, 4) is 11.5 Å². The second-order valence-electron chi connectivity index (χ2n) is 7.65. The van der Waals surface area contributed by atoms with Gasteiger partial charge in [0.2, 0.25) is 6.79 Å². The minimum atomic E-state index is -0.691. The molecule has 0 saturated carbocycles. The summed E-state index contributed by atoms with van der Waals surface area (Å²) < 4.78 is 10.7. The fourth-order valence-electron chi connectivity index (χ4n) is 3.81. The molecular weight excluding hydrogens is 386 g/mol. The number of aromatic nitrogens is 1. The van der Waals surface area contributed by atoms with Crippen LogP contribution in [0.4, 0.5) is 0 Å². The molecule has 0 radical (unpaired) electrons. The second kappa shape index (κ2) is 8.16. The Labute approximate surface area is 174 Å². The van der Waals surface area contributed by atoms with Gasteiger partial charge >= 0.3 is 0 Å². The van der Waals surface area contributed by atoms with Crippen LogP contribution in [0.15, 0.2) is 48.3 Å². The first kappa shape index (κ1) is 19.9. The molecule has 3 heterocycles. The summed E-state index contributed by atoms with van der Waals surface area (Å²) in [4.78, 5) is 32.7. The van der Waals surface area contributed by atoms with E-state index in [2.05, 4.69) is 4.98 Å². The predicted octanol–water partition coefficient (Wildman–Crippen LogP) is 0.767. The lowest BCUT2D eigenvalue weighted by atomic mass is 9.96. The number of rotatable bonds is 6. The smallest absolute Gasteiger partial charge is 0.295 e. The standard InChI is InChI=1S/C22H23N3O5/c1-24(2)10-3-11-25-19(14-6-8-23-9-7-14)18(21(27)22(25)28)20(26)15-4-5-16-17(12-15)30-13-29-16/h4-9,12,19,26H,3,10-11,13H2,1-2H3/p+1/t19-/m1/s1. The van der Waals surface area contributed by atoms with E-state index in [-0.39, 0.29) is 18.1 Å². The number of benzene rings is 1. The Morgan fingerprint density at radius 3 is 2.63 bits per heavy atom. The molecule has 1 amide bonds. The van der Waals surface area contributed by atoms with Crippen molar-refractivity contribution >= 4 is 17.4 Å². The van der Waals surface area contributed by atoms with Gasteiger partial charge in [-0.2, -0.15) is 0 Å². The summed E-state index contributed by atoms with van der Waals surface area (Å²) in [5.41, 5.74) is 1.19. The molecule has 1 aromatic heterocycles. The summed E-state index contributed by atoms with van der Waals surface area (Å²) >= 11 is 0. The van der Waals surface area contributed by atoms with Crippen molar-refractivity contribution in [3.05, 3.63) is 59.4 Å². The van der Waals surface area contributed by atoms with E-state index in [1.54, 1.807) is 47.6 Å². The molecule has 8 heteroatoms. The zero-order chi connectivity index (χ0) is 21.3. The van der Waals surface area contributed by atoms with Gasteiger partial charge in [-0.3, -0.25) is 14.6 Å². The molecule has 2 aromatic rings. The van der Waals surface area contributed by atoms with Gasteiger partial charge in [-0.25, -0.2) is 0 Å². The number of carbonyl (C=O) groups is 2. The maximum Gasteiger partial charge on any atom is 0.295 e. The number of aliphatic hydroxyl groups excluding tert-OH is 1. The summed E-state index contributed by atoms with van der Waals surface area (Å²) in [6.45, 7) is 1.38. The minimum Gasteiger partial charge on any atom is -0.507 e. The van der Waals surface area contributed by atoms with Crippen LogP contribution in [0.25, 0.3) is 5.76 Å². The minimum absolute atomic E-state index is 0.0715. The summed E-state index contributed by atoms with van der Waals surface area (Å²) in [5, 5.41) is 11.1. The molecule has 0 unspecified atom stereocenters. The summed E-state index contributed by atoms with van der Waals surface area (Å²) in [6, 6.07) is 7.78. The number of ketones is 1. The van der Waals surface area contributed by atoms with Gasteiger partial charge in [0.15, 0.2) is 11.5 Å². The van der Waals surface area contributed by atoms with E-state index in [4.69, 9.17) is 9.47 Å². The number of hydrogen-bond acceptors (Lipinski definition) is 6. The normalized spacial score (nSPS) is 19.7. The van der Waals surface area contributed by atoms with E-state index >= 15 is 0 Å². The third-order valence-corrected chi connectivity index (χ3v) is 5.28. The topological polar surface area (TPSA) is 93.4 Å². The monoisotopic (exact) mass is 410 g/mol. The van der Waals surface area contributed by atoms with E-state index in [1.165, 1.54) is 4.90 Å². The SMILES string of the molecule is C[NH+](C)CCCN1C(=O)C(=O)C(=C(O)c2ccc3c(c2)OCO3)[C@H]1c1ccncc1. The molecular formula is C22H24N3O5+. The Hall–Kier alpha value is -3.39. The van der Waals surface area contributed by atoms with Crippen LogP contribution in [0.5, 0.6) is 11.5 Å². The number of carbonyl (C=O) groups excluding carboxylic acids is 2. The van der Waals surface area contributed by atoms with Crippen molar-refractivity contribution in [1.29, 1.82) is 0 Å². The Morgan fingerprint density at radius 2 is 1.90 bits per heavy atom. The summed E-state index contributed by atoms with van der Waals surface area (Å²) in [7, 11) is 4.07. The Balaban J connectivity index is 1.77. The fourth-order valence-corrected chi connectivity index (χ4v) is 3.81. The van der Waals surface area contributed by atoms with Crippen LogP contribution in [0.2, 0.25) is 0 Å². The largest absolute Gasteiger partial charge is 0.507 e. The summed E-state index contributed by atoms with van der Waals surface area (Å²) in [5.74, 6) is -0.460. The van der Waals surface area contributed by atoms with Gasteiger partial charge in [0.25, 0.3) is 11.7 Å². The van der Waals surface area contributed by atoms with Gasteiger partial charge in [-0.1, -0.05) is 0 Å². The van der Waals surface area contributed by atoms with Crippen LogP contribution in [-0.4, -0.2) is 60.7 Å². The first-order chi connectivity index (χ1) is 14.5. The highest BCUT2D eigenvalue weighted by molar-refractivity contribution is 6.46. The number of pyridine rings is 1. The van der Waals surface area contributed by atoms with Gasteiger partial charge in [-0.05, 0) is 35.9 Å². The van der Waals surface area contributed by atoms with Crippen molar-refractivity contribution in [3.63, 3.8) is 0 Å². The van der Waals surface area contributed by atoms with Crippen LogP contribution < -0.4 is 14.4 Å². The highest BCUT2D eigenvalue weighted by Crippen LogP contribution is 2.41. The van der Waals surface area contributed by atoms with Crippen molar-refractivity contribution in [2.24, 2.45) is 0 Å². The number of amides is 1. The molecule has 0 bridgehead atoms. The summed E-state index contributed by atoms with van der Waals surface area (Å²) in [6.07, 6.45) is 3.96. The lowest BCUT2D eigenvalue weighted by Crippen LogP contribution is -3.05. The molecule has 2 aliphatic heterocycles. The lowest BCUT2D eigenvalue weighted by molar-refractivity contribution is -0.858. The number of nitrogens with zero attached hydrogens (tertiary/aromatic N) is 2. The zero-order valence-electron chi connectivity index (χ0n) is 16.9. The first-order valence-corrected chi connectivity index (χ1v) is 9.84. The van der Waals surface area contributed by atoms with Crippen molar-refractivity contribution < 1.29 is 29.1 Å². The molecule has 8 nitrogen and oxygen atoms in total. The van der Waals surface area contributed by atoms with Crippen molar-refractivity contribution in [1.82, 2.24) is 9.88 Å². The van der Waals surface area contributed by atoms with Crippen molar-refractivity contribution in [2.45, 2.75) is 12.5 Å². The number of Topliss-reactive ketones (excluding diaryl/α,β-unsaturated/α-hetero) is 1. The molecule has 2 N–H and O–H groups in total. The molecule has 1 fully saturated rings. The number of ether oxygens (including phenoxy) is 2. The lowest BCUT2D eigenvalue weighted by Gasteiger charge is -2.25. The molecule has 1 aromatic carbocycles. The number of fused-ring (bicyclic) bond motifs is 1. The quantitative estimate of drug-likeness (QED) is 0.415. The van der Waals surface area contributed by atoms with Gasteiger partial charge in [0, 0.05) is 30.9 Å². The van der Waals surface area contributed by atoms with E-state index in [1.807, 2.05) is 14.1 Å². The average molecular weight is 410 g/mol. The zero-order valence-corrected chi connectivity index (χ0v) is 16.9. The number of aliphatic hydroxyl groups is 1. The molecule has 30 heavy (non-hydrogen) atoms. The highest BCUT2D eigenvalue weighted by atomic mass is 16.7. The number of quaternary nitrogens is 1. The van der Waals surface area contributed by atoms with Crippen LogP contribution in [0.1, 0.15) is 23.6 Å². The van der Waals surface area contributed by atoms with Gasteiger partial charge in [0.05, 0.1) is 32.3 Å². The van der Waals surface area contributed by atoms with E-state index < -0.39 is 17.7 Å². The fraction of sp³-hybridized carbons (Fsp3) is 0.318. The van der Waals surface area contributed by atoms with Gasteiger partial charge in [0.1, 0.15) is 5.76 Å². The molecule has 0 aliphatic carbocycles. The van der Waals surface area contributed by atoms with Gasteiger partial charge in [-0.15, -0.1) is 0 Å². The van der Waals surface area contributed by atoms with E-state index in [0.717, 1.165) is 18.5 Å². The number of likely N-dealkylation sites (tertiary alicyclic amines) is 1. The predicted molar refractivity (Wildman–Crippen MR) is 108 cm³/mol. The number of hydrogen-bond donors (Lipinski definition) is 2. The Bertz CT molecular complexity index is 1000. The van der Waals surface area contributed by atoms with E-state index in [9.17, 15) is 14.7 Å². The molecule has 0 spiro atoms. The average Bonchev–Trinajstić information content (AvgIpc) is 3.31. The molecule has 2 aliphatic rings.